The van der Waals surface area contributed by atoms with Crippen LogP contribution in [0.15, 0.2) is 0 Å². The summed E-state index contributed by atoms with van der Waals surface area (Å²) in [6.07, 6.45) is -10.0. The first-order chi connectivity index (χ1) is 13.5. The Morgan fingerprint density at radius 2 is 1.26 bits per heavy atom. The van der Waals surface area contributed by atoms with Crippen molar-refractivity contribution in [2.75, 3.05) is 13.7 Å². The Bertz CT molecular complexity index is 664. The zero-order valence-corrected chi connectivity index (χ0v) is 16.6. The van der Waals surface area contributed by atoms with Crippen molar-refractivity contribution in [1.29, 1.82) is 0 Å². The van der Waals surface area contributed by atoms with E-state index >= 15 is 0 Å². The van der Waals surface area contributed by atoms with E-state index < -0.39 is 64.4 Å². The second kappa shape index (κ2) is 9.35. The maximum atomic E-state index is 13.5. The van der Waals surface area contributed by atoms with Gasteiger partial charge in [-0.2, -0.15) is 57.1 Å². The monoisotopic (exact) mass is 526 g/mol. The lowest BCUT2D eigenvalue weighted by atomic mass is 9.93. The molecule has 0 amide bonds. The van der Waals surface area contributed by atoms with E-state index in [1.54, 1.807) is 0 Å². The molecule has 0 aliphatic heterocycles. The van der Waals surface area contributed by atoms with Gasteiger partial charge >= 0.3 is 41.8 Å². The molecule has 0 saturated heterocycles. The summed E-state index contributed by atoms with van der Waals surface area (Å²) in [6.45, 7) is -0.516. The normalized spacial score (nSPS) is 15.5. The predicted molar refractivity (Wildman–Crippen MR) is 83.0 cm³/mol. The van der Waals surface area contributed by atoms with Crippen molar-refractivity contribution >= 4 is 34.3 Å². The first-order valence-electron chi connectivity index (χ1n) is 7.38. The van der Waals surface area contributed by atoms with Crippen LogP contribution in [0.3, 0.4) is 0 Å². The number of carbonyl (C=O) groups is 1. The van der Waals surface area contributed by atoms with Crippen molar-refractivity contribution in [3.63, 3.8) is 0 Å². The van der Waals surface area contributed by atoms with E-state index in [1.807, 2.05) is 0 Å². The van der Waals surface area contributed by atoms with Gasteiger partial charge < -0.3 is 9.47 Å². The fourth-order valence-electron chi connectivity index (χ4n) is 1.61. The van der Waals surface area contributed by atoms with Crippen LogP contribution in [0.1, 0.15) is 13.3 Å². The highest BCUT2D eigenvalue weighted by atomic mass is 32.2. The highest BCUT2D eigenvalue weighted by Gasteiger charge is 2.90. The average Bonchev–Trinajstić information content (AvgIpc) is 2.58. The molecular weight excluding hydrogens is 515 g/mol. The molecule has 1 unspecified atom stereocenters. The summed E-state index contributed by atoms with van der Waals surface area (Å²) in [6, 6.07) is 0. The van der Waals surface area contributed by atoms with Crippen LogP contribution >= 0.6 is 24.0 Å². The molecule has 31 heavy (non-hydrogen) atoms. The summed E-state index contributed by atoms with van der Waals surface area (Å²) in [5.74, 6) is -38.1. The molecule has 0 N–H and O–H groups in total. The molecule has 0 spiro atoms. The molecule has 0 bridgehead atoms. The van der Waals surface area contributed by atoms with Crippen LogP contribution in [0, 0.1) is 0 Å². The highest BCUT2D eigenvalue weighted by molar-refractivity contribution is 8.23. The number of hydrogen-bond donors (Lipinski definition) is 0. The van der Waals surface area contributed by atoms with Crippen LogP contribution < -0.4 is 0 Å². The lowest BCUT2D eigenvalue weighted by Gasteiger charge is -2.39. The van der Waals surface area contributed by atoms with Crippen molar-refractivity contribution in [2.45, 2.75) is 54.4 Å². The second-order valence-electron chi connectivity index (χ2n) is 5.63. The van der Waals surface area contributed by atoms with E-state index in [2.05, 4.69) is 21.7 Å². The standard InChI is InChI=1S/C13H11F13O3S2/c1-5(6(27)28-2)31-7(30)29-4-3-8(14,15)9(16,17)10(18,19)11(20,21)12(22,23)13(24,25)26/h5H,3-4H2,1-2H3. The molecule has 0 aliphatic rings. The Labute approximate surface area is 174 Å². The van der Waals surface area contributed by atoms with E-state index in [0.717, 1.165) is 7.11 Å². The number of thiocarbonyl (C=S) groups is 1. The van der Waals surface area contributed by atoms with Crippen LogP contribution in [0.25, 0.3) is 0 Å². The third-order valence-corrected chi connectivity index (χ3v) is 4.70. The molecule has 0 heterocycles. The summed E-state index contributed by atoms with van der Waals surface area (Å²) >= 11 is 4.73. The lowest BCUT2D eigenvalue weighted by Crippen LogP contribution is -2.70. The number of alkyl halides is 13. The number of esters is 1. The molecular formula is C13H11F13O3S2. The smallest absolute Gasteiger partial charge is 0.460 e. The summed E-state index contributed by atoms with van der Waals surface area (Å²) in [5.41, 5.74) is 0. The maximum Gasteiger partial charge on any atom is 0.460 e. The highest BCUT2D eigenvalue weighted by Crippen LogP contribution is 2.60. The van der Waals surface area contributed by atoms with Crippen molar-refractivity contribution < 1.29 is 71.3 Å². The fourth-order valence-corrected chi connectivity index (χ4v) is 2.76. The third-order valence-electron chi connectivity index (χ3n) is 3.44. The Kier molecular flexibility index (Phi) is 8.98. The summed E-state index contributed by atoms with van der Waals surface area (Å²) in [7, 11) is 0.949. The maximum absolute atomic E-state index is 13.5. The second-order valence-corrected chi connectivity index (χ2v) is 7.57. The van der Waals surface area contributed by atoms with Gasteiger partial charge in [-0.15, -0.1) is 0 Å². The first-order valence-corrected chi connectivity index (χ1v) is 8.67. The molecule has 0 aromatic carbocycles. The zero-order valence-electron chi connectivity index (χ0n) is 14.9. The summed E-state index contributed by atoms with van der Waals surface area (Å²) < 4.78 is 176. The number of carbonyl (C=O) groups excluding carboxylic acids is 1. The van der Waals surface area contributed by atoms with Crippen LogP contribution in [-0.4, -0.2) is 65.1 Å². The average molecular weight is 526 g/mol. The Balaban J connectivity index is 5.51. The van der Waals surface area contributed by atoms with Crippen molar-refractivity contribution in [2.24, 2.45) is 0 Å². The van der Waals surface area contributed by atoms with E-state index in [0.29, 0.717) is 11.8 Å². The third kappa shape index (κ3) is 5.60. The van der Waals surface area contributed by atoms with E-state index in [9.17, 15) is 61.9 Å². The number of methoxy groups -OCH3 is 1. The molecule has 1 atom stereocenters. The van der Waals surface area contributed by atoms with Crippen molar-refractivity contribution in [3.05, 3.63) is 0 Å². The molecule has 3 nitrogen and oxygen atoms in total. The molecule has 0 saturated carbocycles. The minimum Gasteiger partial charge on any atom is -0.478 e. The minimum atomic E-state index is -7.95. The Hall–Kier alpha value is -1.20. The van der Waals surface area contributed by atoms with Gasteiger partial charge in [0.05, 0.1) is 20.1 Å². The number of halogens is 13. The summed E-state index contributed by atoms with van der Waals surface area (Å²) in [4.78, 5) is 11.1. The van der Waals surface area contributed by atoms with E-state index in [-0.39, 0.29) is 0 Å². The number of thioether (sulfide) groups is 1. The molecule has 0 rings (SSSR count). The van der Waals surface area contributed by atoms with E-state index in [4.69, 9.17) is 0 Å². The number of hydrogen-bond acceptors (Lipinski definition) is 5. The van der Waals surface area contributed by atoms with Crippen LogP contribution in [-0.2, 0) is 14.3 Å². The van der Waals surface area contributed by atoms with Gasteiger partial charge in [0.1, 0.15) is 5.25 Å². The fraction of sp³-hybridized carbons (Fsp3) is 0.846. The van der Waals surface area contributed by atoms with Crippen molar-refractivity contribution in [3.8, 4) is 0 Å². The van der Waals surface area contributed by atoms with Gasteiger partial charge in [0.2, 0.25) is 4.38 Å². The topological polar surface area (TPSA) is 35.5 Å². The predicted octanol–water partition coefficient (Wildman–Crippen LogP) is 5.71. The largest absolute Gasteiger partial charge is 0.478 e. The molecule has 0 aliphatic carbocycles. The van der Waals surface area contributed by atoms with Crippen LogP contribution in [0.4, 0.5) is 57.1 Å². The Morgan fingerprint density at radius 1 is 0.839 bits per heavy atom. The first kappa shape index (κ1) is 29.8. The Morgan fingerprint density at radius 3 is 1.65 bits per heavy atom. The van der Waals surface area contributed by atoms with Crippen molar-refractivity contribution in [1.82, 2.24) is 0 Å². The molecule has 18 heteroatoms. The van der Waals surface area contributed by atoms with Gasteiger partial charge in [0.15, 0.2) is 0 Å². The molecule has 184 valence electrons. The van der Waals surface area contributed by atoms with Gasteiger partial charge in [-0.3, -0.25) is 4.79 Å². The van der Waals surface area contributed by atoms with Gasteiger partial charge in [0.25, 0.3) is 0 Å². The number of ether oxygens (including phenoxy) is 2. The van der Waals surface area contributed by atoms with Crippen LogP contribution in [0.5, 0.6) is 0 Å². The van der Waals surface area contributed by atoms with E-state index in [1.165, 1.54) is 6.92 Å². The molecule has 0 radical (unpaired) electrons. The molecule has 0 aromatic rings. The quantitative estimate of drug-likeness (QED) is 0.219. The number of rotatable bonds is 9. The zero-order chi connectivity index (χ0) is 25.3. The van der Waals surface area contributed by atoms with Gasteiger partial charge in [0, 0.05) is 0 Å². The van der Waals surface area contributed by atoms with Gasteiger partial charge in [-0.05, 0) is 19.1 Å². The SMILES string of the molecule is COC(=O)C(C)SC(=S)OCCC(F)(F)C(F)(F)C(F)(F)C(F)(F)C(F)(F)C(F)(F)F. The molecule has 0 aromatic heterocycles. The van der Waals surface area contributed by atoms with Gasteiger partial charge in [-0.25, -0.2) is 0 Å². The summed E-state index contributed by atoms with van der Waals surface area (Å²) in [5, 5.41) is -1.10. The van der Waals surface area contributed by atoms with Gasteiger partial charge in [-0.1, -0.05) is 11.8 Å². The molecule has 0 fully saturated rings. The van der Waals surface area contributed by atoms with Crippen LogP contribution in [0.2, 0.25) is 0 Å². The lowest BCUT2D eigenvalue weighted by molar-refractivity contribution is -0.440. The minimum absolute atomic E-state index is 0.316.